The number of hydrogen-bond acceptors (Lipinski definition) is 8. The fourth-order valence-electron chi connectivity index (χ4n) is 3.68. The van der Waals surface area contributed by atoms with Crippen molar-refractivity contribution in [2.75, 3.05) is 38.2 Å². The Kier molecular flexibility index (Phi) is 7.07. The van der Waals surface area contributed by atoms with Gasteiger partial charge in [-0.1, -0.05) is 42.5 Å². The van der Waals surface area contributed by atoms with E-state index in [0.29, 0.717) is 41.9 Å². The van der Waals surface area contributed by atoms with Crippen molar-refractivity contribution >= 4 is 46.3 Å². The van der Waals surface area contributed by atoms with Crippen molar-refractivity contribution < 1.29 is 19.2 Å². The molecule has 1 fully saturated rings. The number of nitro benzene ring substituents is 1. The molecule has 0 saturated carbocycles. The Morgan fingerprint density at radius 3 is 2.50 bits per heavy atom. The number of hydrogen-bond donors (Lipinski definition) is 0. The molecule has 0 bridgehead atoms. The van der Waals surface area contributed by atoms with E-state index in [9.17, 15) is 19.7 Å². The van der Waals surface area contributed by atoms with Crippen molar-refractivity contribution in [2.24, 2.45) is 4.99 Å². The highest BCUT2D eigenvalue weighted by atomic mass is 32.2. The molecule has 9 nitrogen and oxygen atoms in total. The molecule has 1 saturated heterocycles. The van der Waals surface area contributed by atoms with E-state index < -0.39 is 10.9 Å². The van der Waals surface area contributed by atoms with E-state index in [4.69, 9.17) is 0 Å². The SMILES string of the molecule is COC(=O)c1ccc(N2CCN(C3=NC(=O)C(=CC=Cc4ccccc4)S3)CC2)c([N+](=O)[O-])c1. The quantitative estimate of drug-likeness (QED) is 0.277. The molecule has 0 atom stereocenters. The molecule has 0 aromatic heterocycles. The van der Waals surface area contributed by atoms with Crippen molar-refractivity contribution in [3.63, 3.8) is 0 Å². The van der Waals surface area contributed by atoms with Gasteiger partial charge in [0.05, 0.1) is 22.5 Å². The van der Waals surface area contributed by atoms with E-state index in [-0.39, 0.29) is 17.2 Å². The number of amides is 1. The smallest absolute Gasteiger partial charge is 0.338 e. The van der Waals surface area contributed by atoms with Crippen LogP contribution in [0.4, 0.5) is 11.4 Å². The van der Waals surface area contributed by atoms with Crippen molar-refractivity contribution in [1.29, 1.82) is 0 Å². The first-order valence-corrected chi connectivity index (χ1v) is 11.4. The van der Waals surface area contributed by atoms with Gasteiger partial charge in [-0.2, -0.15) is 4.99 Å². The lowest BCUT2D eigenvalue weighted by atomic mass is 10.1. The highest BCUT2D eigenvalue weighted by molar-refractivity contribution is 8.18. The van der Waals surface area contributed by atoms with Crippen LogP contribution in [0.2, 0.25) is 0 Å². The normalized spacial score (nSPS) is 17.4. The first-order valence-electron chi connectivity index (χ1n) is 10.6. The van der Waals surface area contributed by atoms with Crippen LogP contribution in [0.15, 0.2) is 70.6 Å². The summed E-state index contributed by atoms with van der Waals surface area (Å²) in [6.45, 7) is 2.14. The molecule has 1 amide bonds. The van der Waals surface area contributed by atoms with Gasteiger partial charge >= 0.3 is 5.97 Å². The Morgan fingerprint density at radius 2 is 1.82 bits per heavy atom. The number of benzene rings is 2. The second-order valence-corrected chi connectivity index (χ2v) is 8.54. The van der Waals surface area contributed by atoms with E-state index in [1.807, 2.05) is 52.3 Å². The molecule has 0 aliphatic carbocycles. The largest absolute Gasteiger partial charge is 0.465 e. The van der Waals surface area contributed by atoms with Gasteiger partial charge in [0.15, 0.2) is 5.17 Å². The number of anilines is 1. The zero-order chi connectivity index (χ0) is 24.1. The molecule has 2 heterocycles. The third-order valence-corrected chi connectivity index (χ3v) is 6.49. The van der Waals surface area contributed by atoms with Crippen LogP contribution in [0.25, 0.3) is 6.08 Å². The van der Waals surface area contributed by atoms with Crippen LogP contribution in [0.1, 0.15) is 15.9 Å². The highest BCUT2D eigenvalue weighted by Crippen LogP contribution is 2.32. The Bertz CT molecular complexity index is 1200. The topological polar surface area (TPSA) is 105 Å². The lowest BCUT2D eigenvalue weighted by Crippen LogP contribution is -2.48. The van der Waals surface area contributed by atoms with Gasteiger partial charge in [0.1, 0.15) is 5.69 Å². The minimum atomic E-state index is -0.622. The number of allylic oxidation sites excluding steroid dienone is 2. The maximum atomic E-state index is 12.3. The zero-order valence-electron chi connectivity index (χ0n) is 18.4. The molecule has 2 aromatic carbocycles. The van der Waals surface area contributed by atoms with Gasteiger partial charge < -0.3 is 14.5 Å². The molecule has 0 N–H and O–H groups in total. The number of thioether (sulfide) groups is 1. The number of aliphatic imine (C=N–C) groups is 1. The van der Waals surface area contributed by atoms with Crippen LogP contribution in [0, 0.1) is 10.1 Å². The second-order valence-electron chi connectivity index (χ2n) is 7.53. The van der Waals surface area contributed by atoms with Crippen molar-refractivity contribution in [1.82, 2.24) is 4.90 Å². The summed E-state index contributed by atoms with van der Waals surface area (Å²) in [5.41, 5.74) is 1.48. The van der Waals surface area contributed by atoms with Gasteiger partial charge in [0.2, 0.25) is 0 Å². The molecule has 4 rings (SSSR count). The van der Waals surface area contributed by atoms with Crippen molar-refractivity contribution in [3.8, 4) is 0 Å². The summed E-state index contributed by atoms with van der Waals surface area (Å²) < 4.78 is 4.66. The number of nitro groups is 1. The van der Waals surface area contributed by atoms with Crippen molar-refractivity contribution in [3.05, 3.63) is 86.8 Å². The number of piperazine rings is 1. The van der Waals surface area contributed by atoms with Crippen molar-refractivity contribution in [2.45, 2.75) is 0 Å². The minimum absolute atomic E-state index is 0.132. The molecular weight excluding hydrogens is 456 g/mol. The van der Waals surface area contributed by atoms with Crippen LogP contribution in [-0.2, 0) is 9.53 Å². The van der Waals surface area contributed by atoms with Gasteiger partial charge in [-0.05, 0) is 35.5 Å². The van der Waals surface area contributed by atoms with E-state index in [0.717, 1.165) is 5.56 Å². The first-order chi connectivity index (χ1) is 16.5. The highest BCUT2D eigenvalue weighted by Gasteiger charge is 2.30. The summed E-state index contributed by atoms with van der Waals surface area (Å²) in [4.78, 5) is 43.8. The van der Waals surface area contributed by atoms with Gasteiger partial charge in [-0.15, -0.1) is 0 Å². The number of esters is 1. The molecule has 2 aliphatic rings. The first kappa shape index (κ1) is 23.2. The number of carbonyl (C=O) groups is 2. The van der Waals surface area contributed by atoms with Gasteiger partial charge in [-0.25, -0.2) is 4.79 Å². The predicted molar refractivity (Wildman–Crippen MR) is 132 cm³/mol. The van der Waals surface area contributed by atoms with E-state index in [1.165, 1.54) is 31.0 Å². The second kappa shape index (κ2) is 10.3. The van der Waals surface area contributed by atoms with E-state index in [1.54, 1.807) is 12.1 Å². The summed E-state index contributed by atoms with van der Waals surface area (Å²) in [5, 5.41) is 12.2. The summed E-state index contributed by atoms with van der Waals surface area (Å²) in [6, 6.07) is 14.1. The van der Waals surface area contributed by atoms with Crippen LogP contribution >= 0.6 is 11.8 Å². The molecule has 0 unspecified atom stereocenters. The maximum Gasteiger partial charge on any atom is 0.338 e. The summed E-state index contributed by atoms with van der Waals surface area (Å²) in [6.07, 6.45) is 5.53. The average Bonchev–Trinajstić information content (AvgIpc) is 3.24. The molecular formula is C24H22N4O5S. The van der Waals surface area contributed by atoms with Crippen LogP contribution in [0.3, 0.4) is 0 Å². The molecule has 0 radical (unpaired) electrons. The maximum absolute atomic E-state index is 12.3. The lowest BCUT2D eigenvalue weighted by molar-refractivity contribution is -0.384. The monoisotopic (exact) mass is 478 g/mol. The van der Waals surface area contributed by atoms with Crippen LogP contribution < -0.4 is 4.90 Å². The molecule has 34 heavy (non-hydrogen) atoms. The van der Waals surface area contributed by atoms with Gasteiger partial charge in [-0.3, -0.25) is 14.9 Å². The fourth-order valence-corrected chi connectivity index (χ4v) is 4.60. The number of carbonyl (C=O) groups excluding carboxylic acids is 2. The standard InChI is InChI=1S/C24H22N4O5S/c1-33-23(30)18-10-11-19(20(16-18)28(31)32)26-12-14-27(15-13-26)24-25-22(29)21(34-24)9-5-8-17-6-3-2-4-7-17/h2-11,16H,12-15H2,1H3. The Morgan fingerprint density at radius 1 is 1.12 bits per heavy atom. The average molecular weight is 479 g/mol. The lowest BCUT2D eigenvalue weighted by Gasteiger charge is -2.36. The third kappa shape index (κ3) is 5.18. The molecule has 0 spiro atoms. The zero-order valence-corrected chi connectivity index (χ0v) is 19.2. The fraction of sp³-hybridized carbons (Fsp3) is 0.208. The number of nitrogens with zero attached hydrogens (tertiary/aromatic N) is 4. The molecule has 174 valence electrons. The summed E-state index contributed by atoms with van der Waals surface area (Å²) in [5.74, 6) is -0.892. The predicted octanol–water partition coefficient (Wildman–Crippen LogP) is 3.73. The molecule has 10 heteroatoms. The Labute approximate surface area is 200 Å². The number of amidine groups is 1. The van der Waals surface area contributed by atoms with Crippen LogP contribution in [-0.4, -0.2) is 60.2 Å². The molecule has 2 aromatic rings. The van der Waals surface area contributed by atoms with Crippen LogP contribution in [0.5, 0.6) is 0 Å². The molecule has 2 aliphatic heterocycles. The minimum Gasteiger partial charge on any atom is -0.465 e. The summed E-state index contributed by atoms with van der Waals surface area (Å²) in [7, 11) is 1.23. The van der Waals surface area contributed by atoms with Gasteiger partial charge in [0.25, 0.3) is 11.6 Å². The number of methoxy groups -OCH3 is 1. The van der Waals surface area contributed by atoms with Gasteiger partial charge in [0, 0.05) is 32.2 Å². The third-order valence-electron chi connectivity index (χ3n) is 5.43. The number of rotatable bonds is 5. The summed E-state index contributed by atoms with van der Waals surface area (Å²) >= 11 is 1.33. The Hall–Kier alpha value is -3.92. The van der Waals surface area contributed by atoms with E-state index in [2.05, 4.69) is 9.73 Å². The number of ether oxygens (including phenoxy) is 1. The van der Waals surface area contributed by atoms with E-state index >= 15 is 0 Å². The Balaban J connectivity index is 1.40.